The van der Waals surface area contributed by atoms with Crippen molar-refractivity contribution in [3.05, 3.63) is 29.8 Å². The molecular weight excluding hydrogens is 382 g/mol. The van der Waals surface area contributed by atoms with Crippen LogP contribution >= 0.6 is 0 Å². The molecule has 0 saturated carbocycles. The third-order valence-corrected chi connectivity index (χ3v) is 6.21. The number of hydrogen-bond donors (Lipinski definition) is 1. The zero-order valence-corrected chi connectivity index (χ0v) is 16.5. The molecule has 1 aromatic rings. The number of rotatable bonds is 5. The summed E-state index contributed by atoms with van der Waals surface area (Å²) >= 11 is 0. The Morgan fingerprint density at radius 3 is 2.50 bits per heavy atom. The van der Waals surface area contributed by atoms with Crippen LogP contribution in [0.5, 0.6) is 0 Å². The average Bonchev–Trinajstić information content (AvgIpc) is 2.90. The van der Waals surface area contributed by atoms with Crippen molar-refractivity contribution < 1.29 is 22.7 Å². The smallest absolute Gasteiger partial charge is 0.308 e. The van der Waals surface area contributed by atoms with Gasteiger partial charge in [-0.25, -0.2) is 8.42 Å². The summed E-state index contributed by atoms with van der Waals surface area (Å²) in [4.78, 5) is 30.2. The van der Waals surface area contributed by atoms with Gasteiger partial charge in [0.05, 0.1) is 17.9 Å². The van der Waals surface area contributed by atoms with E-state index in [0.717, 1.165) is 25.7 Å². The number of benzene rings is 1. The summed E-state index contributed by atoms with van der Waals surface area (Å²) in [7, 11) is -3.59. The lowest BCUT2D eigenvalue weighted by atomic mass is 10.1. The topological polar surface area (TPSA) is 105 Å². The molecule has 9 heteroatoms. The van der Waals surface area contributed by atoms with Crippen LogP contribution in [0, 0.1) is 0 Å². The fraction of sp³-hybridized carbons (Fsp3) is 0.526. The molecule has 2 aliphatic rings. The minimum Gasteiger partial charge on any atom is -0.456 e. The number of nitrogens with zero attached hydrogens (tertiary/aromatic N) is 2. The predicted octanol–water partition coefficient (Wildman–Crippen LogP) is 1.45. The van der Waals surface area contributed by atoms with Gasteiger partial charge in [-0.1, -0.05) is 31.4 Å². The Morgan fingerprint density at radius 2 is 1.75 bits per heavy atom. The van der Waals surface area contributed by atoms with Gasteiger partial charge in [0.2, 0.25) is 0 Å². The van der Waals surface area contributed by atoms with Gasteiger partial charge in [0, 0.05) is 18.7 Å². The normalized spacial score (nSPS) is 20.0. The summed E-state index contributed by atoms with van der Waals surface area (Å²) in [5.41, 5.74) is 0.489. The first-order valence-corrected chi connectivity index (χ1v) is 11.1. The van der Waals surface area contributed by atoms with Crippen molar-refractivity contribution in [2.75, 3.05) is 26.2 Å². The van der Waals surface area contributed by atoms with Crippen LogP contribution in [0.2, 0.25) is 0 Å². The highest BCUT2D eigenvalue weighted by Crippen LogP contribution is 2.22. The molecule has 1 N–H and O–H groups in total. The lowest BCUT2D eigenvalue weighted by Crippen LogP contribution is -2.37. The highest BCUT2D eigenvalue weighted by atomic mass is 32.2. The van der Waals surface area contributed by atoms with E-state index in [1.54, 1.807) is 23.1 Å². The van der Waals surface area contributed by atoms with Crippen molar-refractivity contribution in [2.45, 2.75) is 43.4 Å². The molecule has 1 aromatic carbocycles. The summed E-state index contributed by atoms with van der Waals surface area (Å²) in [6.45, 7) is 1.24. The summed E-state index contributed by atoms with van der Waals surface area (Å²) in [5, 5.41) is 0. The second-order valence-corrected chi connectivity index (χ2v) is 8.54. The third-order valence-electron chi connectivity index (χ3n) is 4.81. The molecule has 0 unspecified atom stereocenters. The molecule has 0 atom stereocenters. The first-order chi connectivity index (χ1) is 13.5. The van der Waals surface area contributed by atoms with E-state index in [2.05, 4.69) is 9.71 Å². The van der Waals surface area contributed by atoms with Crippen LogP contribution in [0.1, 0.15) is 44.1 Å². The number of hydrogen-bond acceptors (Lipinski definition) is 6. The van der Waals surface area contributed by atoms with Crippen LogP contribution in [0.4, 0.5) is 0 Å². The lowest BCUT2D eigenvalue weighted by Gasteiger charge is -2.24. The molecule has 2 heterocycles. The number of ether oxygens (including phenoxy) is 1. The van der Waals surface area contributed by atoms with Crippen LogP contribution in [0.25, 0.3) is 0 Å². The highest BCUT2D eigenvalue weighted by Gasteiger charge is 2.30. The number of likely N-dealkylation sites (tertiary alicyclic amines) is 1. The average molecular weight is 407 g/mol. The third kappa shape index (κ3) is 5.09. The zero-order chi connectivity index (χ0) is 20.0. The molecule has 28 heavy (non-hydrogen) atoms. The van der Waals surface area contributed by atoms with E-state index in [4.69, 9.17) is 4.74 Å². The first kappa shape index (κ1) is 20.3. The van der Waals surface area contributed by atoms with Crippen molar-refractivity contribution in [2.24, 2.45) is 4.99 Å². The Balaban J connectivity index is 1.46. The summed E-state index contributed by atoms with van der Waals surface area (Å²) < 4.78 is 31.5. The minimum atomic E-state index is -3.59. The molecule has 0 aromatic heterocycles. The lowest BCUT2D eigenvalue weighted by molar-refractivity contribution is -0.152. The minimum absolute atomic E-state index is 0.0271. The Morgan fingerprint density at radius 1 is 1.07 bits per heavy atom. The van der Waals surface area contributed by atoms with E-state index in [9.17, 15) is 18.0 Å². The zero-order valence-electron chi connectivity index (χ0n) is 15.7. The molecule has 2 aliphatic heterocycles. The molecule has 0 bridgehead atoms. The Labute approximate surface area is 165 Å². The molecule has 8 nitrogen and oxygen atoms in total. The fourth-order valence-electron chi connectivity index (χ4n) is 3.31. The maximum absolute atomic E-state index is 12.2. The number of carbonyl (C=O) groups excluding carboxylic acids is 2. The van der Waals surface area contributed by atoms with Gasteiger partial charge < -0.3 is 9.64 Å². The van der Waals surface area contributed by atoms with E-state index in [1.165, 1.54) is 12.5 Å². The molecule has 152 valence electrons. The molecule has 0 radical (unpaired) electrons. The number of amides is 1. The molecular formula is C19H25N3O5S. The van der Waals surface area contributed by atoms with Gasteiger partial charge in [0.15, 0.2) is 6.61 Å². The van der Waals surface area contributed by atoms with Gasteiger partial charge in [-0.05, 0) is 25.0 Å². The summed E-state index contributed by atoms with van der Waals surface area (Å²) in [6.07, 6.45) is 5.39. The van der Waals surface area contributed by atoms with Crippen LogP contribution in [-0.4, -0.2) is 57.3 Å². The first-order valence-electron chi connectivity index (χ1n) is 9.57. The van der Waals surface area contributed by atoms with Gasteiger partial charge in [-0.2, -0.15) is 0 Å². The van der Waals surface area contributed by atoms with E-state index >= 15 is 0 Å². The van der Waals surface area contributed by atoms with Crippen molar-refractivity contribution in [3.8, 4) is 0 Å². The predicted molar refractivity (Wildman–Crippen MR) is 103 cm³/mol. The summed E-state index contributed by atoms with van der Waals surface area (Å²) in [5.74, 6) is -0.474. The number of nitrogens with one attached hydrogen (secondary N) is 1. The molecule has 0 spiro atoms. The SMILES string of the molecule is O=C(CCN=C1NS(=O)(=O)c2ccccc21)OCC(=O)N1CCCCCCC1. The van der Waals surface area contributed by atoms with Crippen LogP contribution < -0.4 is 4.72 Å². The van der Waals surface area contributed by atoms with Crippen molar-refractivity contribution >= 4 is 27.7 Å². The standard InChI is InChI=1S/C19H25N3O5S/c23-17(22-12-6-2-1-3-7-13-22)14-27-18(24)10-11-20-19-15-8-4-5-9-16(15)28(25,26)21-19/h4-5,8-9H,1-3,6-7,10-14H2,(H,20,21). The number of fused-ring (bicyclic) bond motifs is 1. The second kappa shape index (κ2) is 9.18. The number of amidine groups is 1. The monoisotopic (exact) mass is 407 g/mol. The number of aliphatic imine (C=N–C) groups is 1. The highest BCUT2D eigenvalue weighted by molar-refractivity contribution is 7.90. The molecule has 1 fully saturated rings. The van der Waals surface area contributed by atoms with E-state index in [0.29, 0.717) is 18.7 Å². The maximum atomic E-state index is 12.2. The van der Waals surface area contributed by atoms with E-state index < -0.39 is 16.0 Å². The fourth-order valence-corrected chi connectivity index (χ4v) is 4.56. The van der Waals surface area contributed by atoms with Gasteiger partial charge in [0.25, 0.3) is 15.9 Å². The number of carbonyl (C=O) groups is 2. The van der Waals surface area contributed by atoms with Crippen molar-refractivity contribution in [3.63, 3.8) is 0 Å². The quantitative estimate of drug-likeness (QED) is 0.744. The van der Waals surface area contributed by atoms with E-state index in [1.807, 2.05) is 0 Å². The summed E-state index contributed by atoms with van der Waals surface area (Å²) in [6, 6.07) is 6.53. The Hall–Kier alpha value is -2.42. The Kier molecular flexibility index (Phi) is 6.66. The number of sulfonamides is 1. The molecule has 1 saturated heterocycles. The van der Waals surface area contributed by atoms with Gasteiger partial charge in [-0.3, -0.25) is 19.3 Å². The van der Waals surface area contributed by atoms with Crippen molar-refractivity contribution in [1.82, 2.24) is 9.62 Å². The van der Waals surface area contributed by atoms with Gasteiger partial charge in [0.1, 0.15) is 5.84 Å². The largest absolute Gasteiger partial charge is 0.456 e. The Bertz CT molecular complexity index is 858. The molecule has 3 rings (SSSR count). The van der Waals surface area contributed by atoms with Crippen LogP contribution in [-0.2, 0) is 24.3 Å². The van der Waals surface area contributed by atoms with Gasteiger partial charge in [-0.15, -0.1) is 0 Å². The second-order valence-electron chi connectivity index (χ2n) is 6.89. The van der Waals surface area contributed by atoms with Crippen LogP contribution in [0.15, 0.2) is 34.2 Å². The van der Waals surface area contributed by atoms with Crippen molar-refractivity contribution in [1.29, 1.82) is 0 Å². The van der Waals surface area contributed by atoms with Gasteiger partial charge >= 0.3 is 5.97 Å². The number of esters is 1. The molecule has 1 amide bonds. The van der Waals surface area contributed by atoms with Crippen LogP contribution in [0.3, 0.4) is 0 Å². The maximum Gasteiger partial charge on any atom is 0.308 e. The van der Waals surface area contributed by atoms with E-state index in [-0.39, 0.29) is 36.2 Å². The molecule has 0 aliphatic carbocycles.